The fourth-order valence-electron chi connectivity index (χ4n) is 4.11. The fraction of sp³-hybridized carbons (Fsp3) is 0.481. The Morgan fingerprint density at radius 3 is 2.17 bits per heavy atom. The summed E-state index contributed by atoms with van der Waals surface area (Å²) in [6, 6.07) is 4.72. The summed E-state index contributed by atoms with van der Waals surface area (Å²) in [5.41, 5.74) is 23.6. The molecular formula is C27H42N10O5. The van der Waals surface area contributed by atoms with Gasteiger partial charge >= 0.3 is 5.97 Å². The molecule has 0 saturated heterocycles. The highest BCUT2D eigenvalue weighted by Crippen LogP contribution is 2.08. The van der Waals surface area contributed by atoms with Crippen LogP contribution in [0.5, 0.6) is 0 Å². The number of hydrogen-bond acceptors (Lipinski definition) is 8. The van der Waals surface area contributed by atoms with E-state index in [2.05, 4.69) is 30.9 Å². The van der Waals surface area contributed by atoms with E-state index in [0.717, 1.165) is 5.56 Å². The van der Waals surface area contributed by atoms with Crippen LogP contribution in [0.15, 0.2) is 47.8 Å². The molecule has 0 spiro atoms. The Morgan fingerprint density at radius 1 is 0.881 bits per heavy atom. The summed E-state index contributed by atoms with van der Waals surface area (Å²) in [6.45, 7) is 0.683. The molecule has 4 unspecified atom stereocenters. The molecule has 0 saturated carbocycles. The number of carboxylic acid groups (broad SMARTS) is 1. The van der Waals surface area contributed by atoms with Gasteiger partial charge in [0.2, 0.25) is 17.7 Å². The van der Waals surface area contributed by atoms with Crippen LogP contribution in [-0.2, 0) is 32.0 Å². The molecule has 230 valence electrons. The van der Waals surface area contributed by atoms with Crippen LogP contribution in [0.4, 0.5) is 0 Å². The van der Waals surface area contributed by atoms with Gasteiger partial charge in [-0.25, -0.2) is 9.78 Å². The third kappa shape index (κ3) is 12.3. The number of aromatic amines is 1. The lowest BCUT2D eigenvalue weighted by Gasteiger charge is -2.25. The molecule has 13 N–H and O–H groups in total. The summed E-state index contributed by atoms with van der Waals surface area (Å²) in [6.07, 6.45) is 5.01. The number of guanidine groups is 1. The molecule has 15 nitrogen and oxygen atoms in total. The van der Waals surface area contributed by atoms with Gasteiger partial charge in [0.25, 0.3) is 0 Å². The Morgan fingerprint density at radius 2 is 1.55 bits per heavy atom. The number of nitrogens with zero attached hydrogens (tertiary/aromatic N) is 2. The summed E-state index contributed by atoms with van der Waals surface area (Å²) >= 11 is 0. The quantitative estimate of drug-likeness (QED) is 0.0508. The number of nitrogens with one attached hydrogen (secondary N) is 4. The van der Waals surface area contributed by atoms with E-state index in [9.17, 15) is 24.3 Å². The van der Waals surface area contributed by atoms with E-state index >= 15 is 0 Å². The number of benzene rings is 1. The van der Waals surface area contributed by atoms with Crippen LogP contribution in [-0.4, -0.2) is 82.0 Å². The van der Waals surface area contributed by atoms with Crippen LogP contribution in [0.2, 0.25) is 0 Å². The number of nitrogens with two attached hydrogens (primary N) is 4. The van der Waals surface area contributed by atoms with Crippen molar-refractivity contribution < 1.29 is 24.3 Å². The molecule has 1 aromatic carbocycles. The number of hydrogen-bond donors (Lipinski definition) is 9. The van der Waals surface area contributed by atoms with Gasteiger partial charge in [-0.05, 0) is 44.2 Å². The summed E-state index contributed by atoms with van der Waals surface area (Å²) in [5.74, 6) is -3.14. The number of aliphatic imine (C=N–C) groups is 1. The number of carboxylic acids is 1. The Balaban J connectivity index is 2.17. The number of rotatable bonds is 19. The van der Waals surface area contributed by atoms with E-state index in [1.807, 2.05) is 6.07 Å². The second-order valence-corrected chi connectivity index (χ2v) is 9.83. The van der Waals surface area contributed by atoms with E-state index in [0.29, 0.717) is 38.0 Å². The van der Waals surface area contributed by atoms with Gasteiger partial charge in [0, 0.05) is 31.3 Å². The Labute approximate surface area is 244 Å². The number of amides is 3. The number of aromatic nitrogens is 2. The lowest BCUT2D eigenvalue weighted by Crippen LogP contribution is -2.57. The summed E-state index contributed by atoms with van der Waals surface area (Å²) in [4.78, 5) is 62.1. The van der Waals surface area contributed by atoms with Crippen molar-refractivity contribution in [3.63, 3.8) is 0 Å². The van der Waals surface area contributed by atoms with Crippen molar-refractivity contribution in [1.82, 2.24) is 25.9 Å². The first-order valence-electron chi connectivity index (χ1n) is 13.8. The minimum Gasteiger partial charge on any atom is -0.480 e. The van der Waals surface area contributed by atoms with Crippen LogP contribution in [0.3, 0.4) is 0 Å². The zero-order valence-corrected chi connectivity index (χ0v) is 23.5. The lowest BCUT2D eigenvalue weighted by molar-refractivity contribution is -0.142. The number of unbranched alkanes of at least 4 members (excludes halogenated alkanes) is 1. The fourth-order valence-corrected chi connectivity index (χ4v) is 4.11. The number of aliphatic carboxylic acids is 1. The predicted octanol–water partition coefficient (Wildman–Crippen LogP) is -1.76. The summed E-state index contributed by atoms with van der Waals surface area (Å²) in [5, 5.41) is 17.6. The molecule has 0 aliphatic rings. The lowest BCUT2D eigenvalue weighted by atomic mass is 10.0. The zero-order chi connectivity index (χ0) is 30.9. The third-order valence-electron chi connectivity index (χ3n) is 6.39. The molecule has 3 amide bonds. The number of carbonyl (C=O) groups excluding carboxylic acids is 3. The van der Waals surface area contributed by atoms with Crippen molar-refractivity contribution in [3.8, 4) is 0 Å². The molecule has 1 heterocycles. The van der Waals surface area contributed by atoms with Crippen molar-refractivity contribution >= 4 is 29.7 Å². The molecule has 2 aromatic rings. The van der Waals surface area contributed by atoms with Crippen molar-refractivity contribution in [2.24, 2.45) is 27.9 Å². The normalized spacial score (nSPS) is 13.7. The molecule has 42 heavy (non-hydrogen) atoms. The highest BCUT2D eigenvalue weighted by Gasteiger charge is 2.30. The van der Waals surface area contributed by atoms with Crippen LogP contribution in [0.1, 0.15) is 43.4 Å². The van der Waals surface area contributed by atoms with Gasteiger partial charge in [0.15, 0.2) is 5.96 Å². The second kappa shape index (κ2) is 18.0. The van der Waals surface area contributed by atoms with E-state index in [1.165, 1.54) is 12.5 Å². The third-order valence-corrected chi connectivity index (χ3v) is 6.39. The van der Waals surface area contributed by atoms with Crippen LogP contribution in [0.25, 0.3) is 0 Å². The number of carbonyl (C=O) groups is 4. The molecule has 0 radical (unpaired) electrons. The number of H-pyrrole nitrogens is 1. The summed E-state index contributed by atoms with van der Waals surface area (Å²) < 4.78 is 0. The van der Waals surface area contributed by atoms with Gasteiger partial charge in [-0.1, -0.05) is 30.3 Å². The Bertz CT molecular complexity index is 1160. The summed E-state index contributed by atoms with van der Waals surface area (Å²) in [7, 11) is 0. The van der Waals surface area contributed by atoms with Crippen LogP contribution >= 0.6 is 0 Å². The first-order chi connectivity index (χ1) is 20.1. The topological polar surface area (TPSA) is 270 Å². The molecule has 2 rings (SSSR count). The molecule has 0 aliphatic carbocycles. The average Bonchev–Trinajstić information content (AvgIpc) is 3.47. The highest BCUT2D eigenvalue weighted by molar-refractivity contribution is 5.94. The maximum atomic E-state index is 13.5. The number of imidazole rings is 1. The maximum Gasteiger partial charge on any atom is 0.326 e. The standard InChI is InChI=1S/C27H42N10O5/c28-11-5-4-10-20(24(39)37-22(26(41)42)14-18-15-32-16-34-18)35-25(40)21(13-17-7-2-1-3-8-17)36-23(38)19(29)9-6-12-33-27(30)31/h1-3,7-8,15-16,19-22H,4-6,9-14,28-29H2,(H,32,34)(H,35,40)(H,36,38)(H,37,39)(H,41,42)(H4,30,31,33). The minimum atomic E-state index is -1.26. The van der Waals surface area contributed by atoms with E-state index in [-0.39, 0.29) is 31.6 Å². The molecule has 0 fully saturated rings. The molecule has 0 aliphatic heterocycles. The van der Waals surface area contributed by atoms with Gasteiger partial charge in [-0.15, -0.1) is 0 Å². The first-order valence-corrected chi connectivity index (χ1v) is 13.8. The van der Waals surface area contributed by atoms with E-state index < -0.39 is 47.9 Å². The molecule has 0 bridgehead atoms. The molecule has 15 heteroatoms. The van der Waals surface area contributed by atoms with Gasteiger partial charge in [-0.3, -0.25) is 19.4 Å². The first kappa shape index (κ1) is 33.7. The monoisotopic (exact) mass is 586 g/mol. The van der Waals surface area contributed by atoms with Gasteiger partial charge in [0.1, 0.15) is 18.1 Å². The van der Waals surface area contributed by atoms with Crippen molar-refractivity contribution in [2.45, 2.75) is 69.1 Å². The smallest absolute Gasteiger partial charge is 0.326 e. The second-order valence-electron chi connectivity index (χ2n) is 9.83. The van der Waals surface area contributed by atoms with Gasteiger partial charge in [0.05, 0.1) is 12.4 Å². The highest BCUT2D eigenvalue weighted by atomic mass is 16.4. The SMILES string of the molecule is NCCCCC(NC(=O)C(Cc1ccccc1)NC(=O)C(N)CCCN=C(N)N)C(=O)NC(Cc1cnc[nH]1)C(=O)O. The van der Waals surface area contributed by atoms with Gasteiger partial charge < -0.3 is 49.0 Å². The zero-order valence-electron chi connectivity index (χ0n) is 23.5. The maximum absolute atomic E-state index is 13.5. The van der Waals surface area contributed by atoms with Crippen molar-refractivity contribution in [3.05, 3.63) is 54.1 Å². The minimum absolute atomic E-state index is 0.0295. The average molecular weight is 587 g/mol. The molecule has 1 aromatic heterocycles. The molecule has 4 atom stereocenters. The predicted molar refractivity (Wildman–Crippen MR) is 157 cm³/mol. The van der Waals surface area contributed by atoms with E-state index in [1.54, 1.807) is 24.3 Å². The van der Waals surface area contributed by atoms with Crippen molar-refractivity contribution in [2.75, 3.05) is 13.1 Å². The van der Waals surface area contributed by atoms with Gasteiger partial charge in [-0.2, -0.15) is 0 Å². The molecular weight excluding hydrogens is 544 g/mol. The van der Waals surface area contributed by atoms with Crippen LogP contribution in [0, 0.1) is 0 Å². The van der Waals surface area contributed by atoms with E-state index in [4.69, 9.17) is 22.9 Å². The largest absolute Gasteiger partial charge is 0.480 e. The Kier molecular flexibility index (Phi) is 14.5. The van der Waals surface area contributed by atoms with Crippen molar-refractivity contribution in [1.29, 1.82) is 0 Å². The van der Waals surface area contributed by atoms with Crippen LogP contribution < -0.4 is 38.9 Å². The Hall–Kier alpha value is -4.50.